The zero-order valence-electron chi connectivity index (χ0n) is 32.4. The topological polar surface area (TPSA) is 25.8 Å². The second kappa shape index (κ2) is 15.4. The van der Waals surface area contributed by atoms with Crippen molar-refractivity contribution in [1.82, 2.24) is 9.97 Å². The molecular weight excluding hydrogens is 741 g/mol. The number of nitrogens with zero attached hydrogens (tertiary/aromatic N) is 2. The van der Waals surface area contributed by atoms with Crippen molar-refractivity contribution in [3.05, 3.63) is 127 Å². The molecule has 0 atom stereocenters. The molecular formula is C41H44IrN2Si-2. The minimum Gasteiger partial charge on any atom is -0.305 e. The van der Waals surface area contributed by atoms with Crippen LogP contribution in [0.3, 0.4) is 0 Å². The zero-order valence-corrected chi connectivity index (χ0v) is 29.8. The average molecular weight is 791 g/mol. The van der Waals surface area contributed by atoms with Crippen molar-refractivity contribution in [3.63, 3.8) is 0 Å². The molecule has 233 valence electrons. The fourth-order valence-electron chi connectivity index (χ4n) is 6.71. The standard InChI is InChI=1S/C22H20N.C19H24NSi.Ir/c1-3-9-18(10-4-1)21-16-23-22(19-13-5-2-6-14-19)15-20(21)17-11-7-8-12-17;1-21(2,3)19-14-20-18(16-11-5-4-6-12-16)13-17(19)15-9-7-8-10-15;/h1-6,9-10,13,15-17H,7-8,11-12H2;4-6,11,13-15H,7-10H2,1-3H3;/q2*-1;/i2D,5D,6D;4D,5D,6D;. The molecule has 2 heterocycles. The minimum atomic E-state index is -1.48. The summed E-state index contributed by atoms with van der Waals surface area (Å²) in [5, 5.41) is 1.42. The van der Waals surface area contributed by atoms with E-state index in [4.69, 9.17) is 8.22 Å². The Morgan fingerprint density at radius 1 is 0.667 bits per heavy atom. The molecule has 0 bridgehead atoms. The Hall–Kier alpha value is -3.17. The molecule has 2 fully saturated rings. The van der Waals surface area contributed by atoms with E-state index in [0.29, 0.717) is 23.0 Å². The number of hydrogen-bond donors (Lipinski definition) is 0. The van der Waals surface area contributed by atoms with Crippen LogP contribution in [0.25, 0.3) is 33.6 Å². The molecule has 2 nitrogen and oxygen atoms in total. The van der Waals surface area contributed by atoms with Gasteiger partial charge in [-0.1, -0.05) is 93.4 Å². The van der Waals surface area contributed by atoms with Gasteiger partial charge in [0.1, 0.15) is 0 Å². The minimum absolute atomic E-state index is 0. The van der Waals surface area contributed by atoms with E-state index in [-0.39, 0.29) is 56.4 Å². The normalized spacial score (nSPS) is 17.1. The Kier molecular flexibility index (Phi) is 8.89. The number of rotatable bonds is 6. The van der Waals surface area contributed by atoms with Crippen LogP contribution in [0.2, 0.25) is 19.6 Å². The molecule has 0 spiro atoms. The molecule has 0 N–H and O–H groups in total. The van der Waals surface area contributed by atoms with Gasteiger partial charge in [0, 0.05) is 43.5 Å². The summed E-state index contributed by atoms with van der Waals surface area (Å²) in [5.74, 6) is 1.13. The monoisotopic (exact) mass is 791 g/mol. The van der Waals surface area contributed by atoms with Gasteiger partial charge in [-0.2, -0.15) is 0 Å². The number of hydrogen-bond acceptors (Lipinski definition) is 2. The van der Waals surface area contributed by atoms with Gasteiger partial charge in [0.15, 0.2) is 0 Å². The average Bonchev–Trinajstić information content (AvgIpc) is 3.85. The van der Waals surface area contributed by atoms with Crippen molar-refractivity contribution in [2.75, 3.05) is 0 Å². The SMILES string of the molecule is [2H]c1[c-]c(-c2cc(C3CCCC3)c(-c3ccccc3)cn2)cc([2H])c1[2H].[2H]c1[c-]c(-c2cc(C3CCCC3)c([Si](C)(C)C)cn2)cc([2H])c1[2H].[Ir]. The summed E-state index contributed by atoms with van der Waals surface area (Å²) >= 11 is 0. The maximum absolute atomic E-state index is 7.89. The fraction of sp³-hybridized carbons (Fsp3) is 0.317. The molecule has 0 unspecified atom stereocenters. The Morgan fingerprint density at radius 2 is 1.18 bits per heavy atom. The smallest absolute Gasteiger partial charge is 0.0799 e. The van der Waals surface area contributed by atoms with E-state index in [1.54, 1.807) is 12.1 Å². The molecule has 0 saturated heterocycles. The van der Waals surface area contributed by atoms with Crippen LogP contribution >= 0.6 is 0 Å². The first-order valence-corrected chi connectivity index (χ1v) is 19.5. The molecule has 2 aromatic heterocycles. The maximum atomic E-state index is 7.89. The van der Waals surface area contributed by atoms with Crippen molar-refractivity contribution >= 4 is 13.3 Å². The maximum Gasteiger partial charge on any atom is 0.0799 e. The van der Waals surface area contributed by atoms with Crippen LogP contribution in [0.1, 0.15) is 82.6 Å². The molecule has 5 aromatic rings. The summed E-state index contributed by atoms with van der Waals surface area (Å²) in [6.45, 7) is 7.06. The van der Waals surface area contributed by atoms with Gasteiger partial charge in [-0.15, -0.1) is 71.6 Å². The molecule has 0 amide bonds. The van der Waals surface area contributed by atoms with Gasteiger partial charge in [-0.3, -0.25) is 0 Å². The predicted octanol–water partition coefficient (Wildman–Crippen LogP) is 10.6. The van der Waals surface area contributed by atoms with Crippen molar-refractivity contribution in [2.45, 2.75) is 82.8 Å². The first-order valence-electron chi connectivity index (χ1n) is 19.0. The Labute approximate surface area is 293 Å². The first-order chi connectivity index (χ1) is 23.9. The quantitative estimate of drug-likeness (QED) is 0.126. The zero-order chi connectivity index (χ0) is 35.6. The fourth-order valence-corrected chi connectivity index (χ4v) is 8.30. The van der Waals surface area contributed by atoms with E-state index in [1.807, 2.05) is 30.6 Å². The van der Waals surface area contributed by atoms with Crippen LogP contribution < -0.4 is 5.19 Å². The Balaban J connectivity index is 0.000000195. The van der Waals surface area contributed by atoms with E-state index < -0.39 is 8.07 Å². The van der Waals surface area contributed by atoms with Crippen LogP contribution in [-0.2, 0) is 20.1 Å². The number of pyridine rings is 2. The predicted molar refractivity (Wildman–Crippen MR) is 188 cm³/mol. The van der Waals surface area contributed by atoms with Gasteiger partial charge in [0.05, 0.1) is 8.07 Å². The van der Waals surface area contributed by atoms with E-state index in [1.165, 1.54) is 73.2 Å². The molecule has 2 aliphatic carbocycles. The van der Waals surface area contributed by atoms with Crippen LogP contribution in [0, 0.1) is 12.1 Å². The van der Waals surface area contributed by atoms with Crippen LogP contribution in [0.4, 0.5) is 0 Å². The first kappa shape index (κ1) is 26.0. The molecule has 1 radical (unpaired) electrons. The molecule has 7 rings (SSSR count). The van der Waals surface area contributed by atoms with Gasteiger partial charge in [-0.25, -0.2) is 0 Å². The Bertz CT molecular complexity index is 1940. The van der Waals surface area contributed by atoms with Gasteiger partial charge in [-0.05, 0) is 68.0 Å². The molecule has 3 aromatic carbocycles. The van der Waals surface area contributed by atoms with Crippen molar-refractivity contribution in [3.8, 4) is 33.6 Å². The van der Waals surface area contributed by atoms with Crippen LogP contribution in [0.15, 0.2) is 103 Å². The second-order valence-electron chi connectivity index (χ2n) is 13.0. The molecule has 0 aliphatic heterocycles. The van der Waals surface area contributed by atoms with E-state index >= 15 is 0 Å². The van der Waals surface area contributed by atoms with Gasteiger partial charge in [0.2, 0.25) is 0 Å². The van der Waals surface area contributed by atoms with E-state index in [9.17, 15) is 0 Å². The summed E-state index contributed by atoms with van der Waals surface area (Å²) < 4.78 is 46.8. The third-order valence-corrected chi connectivity index (χ3v) is 11.0. The summed E-state index contributed by atoms with van der Waals surface area (Å²) in [6.07, 6.45) is 13.9. The Morgan fingerprint density at radius 3 is 1.71 bits per heavy atom. The van der Waals surface area contributed by atoms with Gasteiger partial charge >= 0.3 is 0 Å². The number of benzene rings is 3. The summed E-state index contributed by atoms with van der Waals surface area (Å²) in [5.41, 5.74) is 7.82. The summed E-state index contributed by atoms with van der Waals surface area (Å²) in [7, 11) is -1.48. The van der Waals surface area contributed by atoms with Gasteiger partial charge in [0.25, 0.3) is 0 Å². The van der Waals surface area contributed by atoms with Crippen LogP contribution in [0.5, 0.6) is 0 Å². The van der Waals surface area contributed by atoms with E-state index in [2.05, 4.69) is 66.0 Å². The van der Waals surface area contributed by atoms with E-state index in [0.717, 1.165) is 17.0 Å². The third kappa shape index (κ3) is 8.16. The number of aromatic nitrogens is 2. The summed E-state index contributed by atoms with van der Waals surface area (Å²) in [6, 6.07) is 23.5. The van der Waals surface area contributed by atoms with Crippen molar-refractivity contribution in [2.24, 2.45) is 0 Å². The molecule has 45 heavy (non-hydrogen) atoms. The van der Waals surface area contributed by atoms with Crippen LogP contribution in [-0.4, -0.2) is 18.0 Å². The van der Waals surface area contributed by atoms with Crippen molar-refractivity contribution in [1.29, 1.82) is 0 Å². The largest absolute Gasteiger partial charge is 0.305 e. The third-order valence-electron chi connectivity index (χ3n) is 9.00. The molecule has 4 heteroatoms. The molecule has 2 saturated carbocycles. The summed E-state index contributed by atoms with van der Waals surface area (Å²) in [4.78, 5) is 9.25. The van der Waals surface area contributed by atoms with Gasteiger partial charge < -0.3 is 9.97 Å². The molecule has 2 aliphatic rings. The van der Waals surface area contributed by atoms with Crippen molar-refractivity contribution < 1.29 is 28.3 Å². The second-order valence-corrected chi connectivity index (χ2v) is 18.1.